The summed E-state index contributed by atoms with van der Waals surface area (Å²) in [4.78, 5) is 17.7. The van der Waals surface area contributed by atoms with E-state index in [2.05, 4.69) is 17.6 Å². The number of carbonyl (C=O) groups is 1. The summed E-state index contributed by atoms with van der Waals surface area (Å²) in [6, 6.07) is 9.41. The summed E-state index contributed by atoms with van der Waals surface area (Å²) >= 11 is 0. The second-order valence-corrected chi connectivity index (χ2v) is 9.85. The molecule has 1 aliphatic rings. The van der Waals surface area contributed by atoms with Crippen molar-refractivity contribution in [2.75, 3.05) is 20.3 Å². The number of carbonyl (C=O) groups excluding carboxylic acids is 1. The first-order valence-electron chi connectivity index (χ1n) is 12.4. The number of aromatic nitrogens is 2. The maximum Gasteiger partial charge on any atom is 0.257 e. The molecule has 1 fully saturated rings. The third kappa shape index (κ3) is 5.67. The quantitative estimate of drug-likeness (QED) is 0.169. The van der Waals surface area contributed by atoms with E-state index in [9.17, 15) is 14.4 Å². The Morgan fingerprint density at radius 1 is 1.35 bits per heavy atom. The van der Waals surface area contributed by atoms with Crippen molar-refractivity contribution in [2.45, 2.75) is 51.3 Å². The number of halogens is 1. The van der Waals surface area contributed by atoms with Crippen LogP contribution in [0.4, 0.5) is 4.39 Å². The highest BCUT2D eigenvalue weighted by molar-refractivity contribution is 6.02. The van der Waals surface area contributed by atoms with E-state index in [0.717, 1.165) is 44.1 Å². The Balaban J connectivity index is 1.68. The van der Waals surface area contributed by atoms with Crippen molar-refractivity contribution in [3.8, 4) is 28.8 Å². The summed E-state index contributed by atoms with van der Waals surface area (Å²) in [6.07, 6.45) is 5.73. The molecule has 0 aliphatic carbocycles. The Kier molecular flexibility index (Phi) is 7.94. The van der Waals surface area contributed by atoms with Crippen molar-refractivity contribution >= 4 is 11.4 Å². The molecule has 0 amide bonds. The molecule has 1 aliphatic heterocycles. The smallest absolute Gasteiger partial charge is 0.257 e. The van der Waals surface area contributed by atoms with Gasteiger partial charge in [0.05, 0.1) is 43.7 Å². The van der Waals surface area contributed by atoms with Crippen molar-refractivity contribution < 1.29 is 23.4 Å². The van der Waals surface area contributed by atoms with Crippen LogP contribution in [0.1, 0.15) is 55.5 Å². The van der Waals surface area contributed by atoms with Gasteiger partial charge in [0.1, 0.15) is 22.7 Å². The minimum absolute atomic E-state index is 0.0938. The summed E-state index contributed by atoms with van der Waals surface area (Å²) < 4.78 is 32.5. The number of ether oxygens (including phenoxy) is 3. The molecule has 3 heterocycles. The van der Waals surface area contributed by atoms with Crippen LogP contribution in [0.5, 0.6) is 11.5 Å². The number of pyridine rings is 1. The minimum Gasteiger partial charge on any atom is -0.496 e. The molecule has 2 aromatic heterocycles. The average Bonchev–Trinajstić information content (AvgIpc) is 3.30. The van der Waals surface area contributed by atoms with E-state index in [1.54, 1.807) is 18.3 Å². The van der Waals surface area contributed by atoms with E-state index in [1.165, 1.54) is 7.11 Å². The third-order valence-electron chi connectivity index (χ3n) is 6.77. The third-order valence-corrected chi connectivity index (χ3v) is 6.77. The number of Topliss-reactive ketones (excluding diaryl/α,β-unsaturated/α-hetero) is 1. The number of rotatable bonds is 12. The summed E-state index contributed by atoms with van der Waals surface area (Å²) in [7, 11) is 1.47. The Labute approximate surface area is 216 Å². The lowest BCUT2D eigenvalue weighted by Gasteiger charge is -2.25. The van der Waals surface area contributed by atoms with Gasteiger partial charge in [0.25, 0.3) is 6.36 Å². The first kappa shape index (κ1) is 26.4. The van der Waals surface area contributed by atoms with E-state index in [-0.39, 0.29) is 17.1 Å². The van der Waals surface area contributed by atoms with Gasteiger partial charge in [0.15, 0.2) is 5.78 Å². The van der Waals surface area contributed by atoms with E-state index in [4.69, 9.17) is 14.2 Å². The number of unbranched alkanes of at least 4 members (excludes halogenated alkanes) is 1. The second kappa shape index (κ2) is 11.1. The van der Waals surface area contributed by atoms with Crippen LogP contribution in [0.15, 0.2) is 49.3 Å². The van der Waals surface area contributed by atoms with Crippen LogP contribution >= 0.6 is 0 Å². The largest absolute Gasteiger partial charge is 0.496 e. The molecular weight excluding hydrogens is 473 g/mol. The molecule has 37 heavy (non-hydrogen) atoms. The van der Waals surface area contributed by atoms with Gasteiger partial charge in [0, 0.05) is 24.1 Å². The monoisotopic (exact) mass is 505 g/mol. The van der Waals surface area contributed by atoms with Crippen molar-refractivity contribution in [1.29, 1.82) is 5.26 Å². The summed E-state index contributed by atoms with van der Waals surface area (Å²) in [5, 5.41) is 9.49. The zero-order valence-corrected chi connectivity index (χ0v) is 21.5. The fourth-order valence-electron chi connectivity index (χ4n) is 4.38. The van der Waals surface area contributed by atoms with Crippen LogP contribution in [0, 0.1) is 17.2 Å². The lowest BCUT2D eigenvalue weighted by Crippen LogP contribution is -2.27. The number of fused-ring (bicyclic) bond motifs is 1. The highest BCUT2D eigenvalue weighted by Crippen LogP contribution is 2.38. The number of methoxy groups -OCH3 is 1. The number of nitrogens with zero attached hydrogens (tertiary/aromatic N) is 3. The van der Waals surface area contributed by atoms with Crippen LogP contribution in [0.3, 0.4) is 0 Å². The van der Waals surface area contributed by atoms with Crippen LogP contribution in [0.25, 0.3) is 16.9 Å². The summed E-state index contributed by atoms with van der Waals surface area (Å²) in [5.41, 5.74) is 2.41. The first-order valence-corrected chi connectivity index (χ1v) is 12.4. The Morgan fingerprint density at radius 3 is 2.76 bits per heavy atom. The van der Waals surface area contributed by atoms with Gasteiger partial charge in [-0.25, -0.2) is 4.98 Å². The highest BCUT2D eigenvalue weighted by Gasteiger charge is 2.25. The van der Waals surface area contributed by atoms with Gasteiger partial charge in [-0.3, -0.25) is 9.20 Å². The molecule has 4 rings (SSSR count). The lowest BCUT2D eigenvalue weighted by molar-refractivity contribution is -0.0363. The molecule has 0 spiro atoms. The van der Waals surface area contributed by atoms with Crippen molar-refractivity contribution in [3.05, 3.63) is 60.4 Å². The molecule has 1 unspecified atom stereocenters. The van der Waals surface area contributed by atoms with E-state index in [1.807, 2.05) is 36.6 Å². The zero-order chi connectivity index (χ0) is 26.6. The van der Waals surface area contributed by atoms with Crippen molar-refractivity contribution in [3.63, 3.8) is 0 Å². The Hall–Kier alpha value is -3.70. The molecule has 1 aromatic carbocycles. The maximum absolute atomic E-state index is 14.3. The molecule has 1 atom stereocenters. The summed E-state index contributed by atoms with van der Waals surface area (Å²) in [6.45, 7) is 8.73. The molecular formula is C29H32FN3O4. The number of ketones is 1. The van der Waals surface area contributed by atoms with Gasteiger partial charge >= 0.3 is 0 Å². The molecule has 0 saturated carbocycles. The second-order valence-electron chi connectivity index (χ2n) is 9.85. The lowest BCUT2D eigenvalue weighted by atomic mass is 9.87. The molecule has 194 valence electrons. The number of imidazole rings is 1. The topological polar surface area (TPSA) is 85.9 Å². The Bertz CT molecular complexity index is 1340. The minimum atomic E-state index is -1.79. The predicted molar refractivity (Wildman–Crippen MR) is 139 cm³/mol. The maximum atomic E-state index is 14.3. The van der Waals surface area contributed by atoms with Gasteiger partial charge in [-0.1, -0.05) is 13.0 Å². The number of hydrogen-bond acceptors (Lipinski definition) is 6. The number of nitriles is 1. The molecule has 0 N–H and O–H groups in total. The van der Waals surface area contributed by atoms with Crippen LogP contribution in [-0.2, 0) is 10.2 Å². The summed E-state index contributed by atoms with van der Waals surface area (Å²) in [5.74, 6) is 0.811. The molecule has 8 heteroatoms. The fraction of sp³-hybridized carbons (Fsp3) is 0.414. The molecule has 3 aromatic rings. The average molecular weight is 506 g/mol. The molecule has 0 radical (unpaired) electrons. The fourth-order valence-corrected chi connectivity index (χ4v) is 4.38. The van der Waals surface area contributed by atoms with E-state index >= 15 is 0 Å². The van der Waals surface area contributed by atoms with E-state index in [0.29, 0.717) is 35.0 Å². The van der Waals surface area contributed by atoms with Gasteiger partial charge in [-0.15, -0.1) is 0 Å². The molecule has 1 saturated heterocycles. The van der Waals surface area contributed by atoms with Crippen LogP contribution < -0.4 is 9.47 Å². The van der Waals surface area contributed by atoms with Gasteiger partial charge in [-0.2, -0.15) is 9.65 Å². The Morgan fingerprint density at radius 2 is 2.11 bits per heavy atom. The number of hydrogen-bond donors (Lipinski definition) is 0. The zero-order valence-electron chi connectivity index (χ0n) is 21.5. The standard InChI is InChI=1S/C29H32FN3O4/c1-5-26(30)37-25-13-20(22-15-32-27-14-21(10-11-33(22)27)29(2,3)18-31)12-24(35-4)28(25)23(34)9-7-6-8-19-16-36-17-19/h5,10-15,19,26H,1,6-9,16-17H2,2-4H3. The van der Waals surface area contributed by atoms with Crippen LogP contribution in [-0.4, -0.2) is 41.8 Å². The van der Waals surface area contributed by atoms with Gasteiger partial charge < -0.3 is 14.2 Å². The normalized spacial score (nSPS) is 14.6. The SMILES string of the molecule is C=CC(F)Oc1cc(-c2cnc3cc(C(C)(C)C#N)ccn23)cc(OC)c1C(=O)CCCCC1COC1. The molecule has 7 nitrogen and oxygen atoms in total. The van der Waals surface area contributed by atoms with Crippen molar-refractivity contribution in [2.24, 2.45) is 5.92 Å². The van der Waals surface area contributed by atoms with Gasteiger partial charge in [0.2, 0.25) is 0 Å². The van der Waals surface area contributed by atoms with Crippen molar-refractivity contribution in [1.82, 2.24) is 9.38 Å². The van der Waals surface area contributed by atoms with Crippen LogP contribution in [0.2, 0.25) is 0 Å². The first-order chi connectivity index (χ1) is 17.8. The molecule has 0 bridgehead atoms. The van der Waals surface area contributed by atoms with Gasteiger partial charge in [-0.05, 0) is 62.6 Å². The predicted octanol–water partition coefficient (Wildman–Crippen LogP) is 6.06. The van der Waals surface area contributed by atoms with E-state index < -0.39 is 11.8 Å². The number of benzene rings is 1. The number of alkyl halides is 1. The highest BCUT2D eigenvalue weighted by atomic mass is 19.1.